The van der Waals surface area contributed by atoms with Gasteiger partial charge in [-0.25, -0.2) is 0 Å². The summed E-state index contributed by atoms with van der Waals surface area (Å²) in [5.41, 5.74) is 0.515. The number of benzene rings is 1. The van der Waals surface area contributed by atoms with Gasteiger partial charge in [-0.15, -0.1) is 0 Å². The van der Waals surface area contributed by atoms with E-state index in [-0.39, 0.29) is 5.91 Å². The van der Waals surface area contributed by atoms with Gasteiger partial charge < -0.3 is 19.2 Å². The van der Waals surface area contributed by atoms with Crippen LogP contribution in [0.1, 0.15) is 23.0 Å². The number of hydrogen-bond donors (Lipinski definition) is 1. The molecule has 0 atom stereocenters. The van der Waals surface area contributed by atoms with E-state index in [1.807, 2.05) is 6.92 Å². The molecule has 0 bridgehead atoms. The second kappa shape index (κ2) is 6.65. The lowest BCUT2D eigenvalue weighted by atomic mass is 10.2. The fourth-order valence-corrected chi connectivity index (χ4v) is 1.77. The molecular formula is C15H17NO4. The van der Waals surface area contributed by atoms with Crippen LogP contribution >= 0.6 is 0 Å². The summed E-state index contributed by atoms with van der Waals surface area (Å²) in [5.74, 6) is 1.68. The van der Waals surface area contributed by atoms with Gasteiger partial charge in [0.2, 0.25) is 0 Å². The lowest BCUT2D eigenvalue weighted by Crippen LogP contribution is -2.22. The van der Waals surface area contributed by atoms with Crippen LogP contribution in [0.4, 0.5) is 0 Å². The number of rotatable bonds is 6. The van der Waals surface area contributed by atoms with Crippen molar-refractivity contribution in [1.82, 2.24) is 5.32 Å². The fourth-order valence-electron chi connectivity index (χ4n) is 1.77. The molecule has 0 unspecified atom stereocenters. The van der Waals surface area contributed by atoms with Crippen LogP contribution in [0.3, 0.4) is 0 Å². The molecule has 106 valence electrons. The first-order valence-corrected chi connectivity index (χ1v) is 6.36. The summed E-state index contributed by atoms with van der Waals surface area (Å²) in [6.45, 7) is 2.73. The quantitative estimate of drug-likeness (QED) is 0.880. The standard InChI is InChI=1S/C15H17NO4/c1-3-19-14-9-11(6-7-13(14)18-2)15(17)16-10-12-5-4-8-20-12/h4-9H,3,10H2,1-2H3,(H,16,17). The summed E-state index contributed by atoms with van der Waals surface area (Å²) in [7, 11) is 1.56. The zero-order chi connectivity index (χ0) is 14.4. The maximum absolute atomic E-state index is 12.0. The van der Waals surface area contributed by atoms with Gasteiger partial charge in [-0.1, -0.05) is 0 Å². The normalized spacial score (nSPS) is 10.1. The molecule has 0 aliphatic heterocycles. The van der Waals surface area contributed by atoms with Crippen molar-refractivity contribution < 1.29 is 18.7 Å². The van der Waals surface area contributed by atoms with Crippen LogP contribution in [0.15, 0.2) is 41.0 Å². The van der Waals surface area contributed by atoms with Crippen LogP contribution < -0.4 is 14.8 Å². The highest BCUT2D eigenvalue weighted by molar-refractivity contribution is 5.94. The Hall–Kier alpha value is -2.43. The summed E-state index contributed by atoms with van der Waals surface area (Å²) in [5, 5.41) is 2.78. The summed E-state index contributed by atoms with van der Waals surface area (Å²) < 4.78 is 15.8. The maximum Gasteiger partial charge on any atom is 0.251 e. The van der Waals surface area contributed by atoms with Crippen LogP contribution in [0.5, 0.6) is 11.5 Å². The zero-order valence-corrected chi connectivity index (χ0v) is 11.5. The second-order valence-electron chi connectivity index (χ2n) is 4.06. The summed E-state index contributed by atoms with van der Waals surface area (Å²) in [4.78, 5) is 12.0. The molecule has 1 amide bonds. The minimum atomic E-state index is -0.190. The Morgan fingerprint density at radius 3 is 2.80 bits per heavy atom. The molecule has 0 saturated carbocycles. The van der Waals surface area contributed by atoms with Gasteiger partial charge in [0.1, 0.15) is 5.76 Å². The smallest absolute Gasteiger partial charge is 0.251 e. The number of ether oxygens (including phenoxy) is 2. The molecule has 20 heavy (non-hydrogen) atoms. The van der Waals surface area contributed by atoms with Crippen molar-refractivity contribution in [2.75, 3.05) is 13.7 Å². The first kappa shape index (κ1) is 14.0. The predicted octanol–water partition coefficient (Wildman–Crippen LogP) is 2.62. The van der Waals surface area contributed by atoms with Gasteiger partial charge in [-0.05, 0) is 37.3 Å². The first-order valence-electron chi connectivity index (χ1n) is 6.36. The van der Waals surface area contributed by atoms with Crippen LogP contribution in [-0.4, -0.2) is 19.6 Å². The van der Waals surface area contributed by atoms with E-state index >= 15 is 0 Å². The summed E-state index contributed by atoms with van der Waals surface area (Å²) in [6, 6.07) is 8.66. The van der Waals surface area contributed by atoms with E-state index in [0.717, 1.165) is 0 Å². The van der Waals surface area contributed by atoms with Gasteiger partial charge >= 0.3 is 0 Å². The van der Waals surface area contributed by atoms with Crippen molar-refractivity contribution in [2.45, 2.75) is 13.5 Å². The van der Waals surface area contributed by atoms with Crippen molar-refractivity contribution in [1.29, 1.82) is 0 Å². The summed E-state index contributed by atoms with van der Waals surface area (Å²) >= 11 is 0. The van der Waals surface area contributed by atoms with Crippen LogP contribution in [0, 0.1) is 0 Å². The highest BCUT2D eigenvalue weighted by Gasteiger charge is 2.11. The van der Waals surface area contributed by atoms with E-state index in [1.54, 1.807) is 43.7 Å². The Morgan fingerprint density at radius 2 is 2.15 bits per heavy atom. The van der Waals surface area contributed by atoms with Crippen LogP contribution in [0.25, 0.3) is 0 Å². The molecule has 5 heteroatoms. The van der Waals surface area contributed by atoms with E-state index < -0.39 is 0 Å². The predicted molar refractivity (Wildman–Crippen MR) is 74.0 cm³/mol. The SMILES string of the molecule is CCOc1cc(C(=O)NCc2ccco2)ccc1OC. The number of hydrogen-bond acceptors (Lipinski definition) is 4. The molecule has 1 heterocycles. The average molecular weight is 275 g/mol. The van der Waals surface area contributed by atoms with Gasteiger partial charge in [-0.2, -0.15) is 0 Å². The minimum absolute atomic E-state index is 0.190. The number of furan rings is 1. The molecule has 0 aliphatic rings. The lowest BCUT2D eigenvalue weighted by Gasteiger charge is -2.11. The largest absolute Gasteiger partial charge is 0.493 e. The Bertz CT molecular complexity index is 563. The monoisotopic (exact) mass is 275 g/mol. The topological polar surface area (TPSA) is 60.7 Å². The number of amides is 1. The number of methoxy groups -OCH3 is 1. The van der Waals surface area contributed by atoms with Crippen molar-refractivity contribution in [3.8, 4) is 11.5 Å². The zero-order valence-electron chi connectivity index (χ0n) is 11.5. The molecule has 0 aliphatic carbocycles. The molecule has 1 aromatic carbocycles. The van der Waals surface area contributed by atoms with Gasteiger partial charge in [0.25, 0.3) is 5.91 Å². The van der Waals surface area contributed by atoms with Crippen molar-refractivity contribution >= 4 is 5.91 Å². The highest BCUT2D eigenvalue weighted by Crippen LogP contribution is 2.28. The Morgan fingerprint density at radius 1 is 1.30 bits per heavy atom. The van der Waals surface area contributed by atoms with Gasteiger partial charge in [0.05, 0.1) is 26.5 Å². The Balaban J connectivity index is 2.07. The second-order valence-corrected chi connectivity index (χ2v) is 4.06. The number of carbonyl (C=O) groups is 1. The van der Waals surface area contributed by atoms with Crippen LogP contribution in [-0.2, 0) is 6.54 Å². The average Bonchev–Trinajstić information content (AvgIpc) is 2.98. The van der Waals surface area contributed by atoms with E-state index in [1.165, 1.54) is 0 Å². The fraction of sp³-hybridized carbons (Fsp3) is 0.267. The van der Waals surface area contributed by atoms with Gasteiger partial charge in [-0.3, -0.25) is 4.79 Å². The van der Waals surface area contributed by atoms with Crippen molar-refractivity contribution in [3.63, 3.8) is 0 Å². The first-order chi connectivity index (χ1) is 9.74. The molecule has 1 aromatic heterocycles. The molecule has 5 nitrogen and oxygen atoms in total. The van der Waals surface area contributed by atoms with Crippen LogP contribution in [0.2, 0.25) is 0 Å². The Kier molecular flexibility index (Phi) is 4.65. The molecule has 0 fully saturated rings. The third-order valence-electron chi connectivity index (χ3n) is 2.73. The van der Waals surface area contributed by atoms with E-state index in [4.69, 9.17) is 13.9 Å². The third kappa shape index (κ3) is 3.32. The van der Waals surface area contributed by atoms with Gasteiger partial charge in [0.15, 0.2) is 11.5 Å². The molecule has 0 radical (unpaired) electrons. The van der Waals surface area contributed by atoms with Gasteiger partial charge in [0, 0.05) is 5.56 Å². The third-order valence-corrected chi connectivity index (χ3v) is 2.73. The maximum atomic E-state index is 12.0. The Labute approximate surface area is 117 Å². The van der Waals surface area contributed by atoms with Crippen molar-refractivity contribution in [2.24, 2.45) is 0 Å². The lowest BCUT2D eigenvalue weighted by molar-refractivity contribution is 0.0947. The van der Waals surface area contributed by atoms with E-state index in [0.29, 0.717) is 36.0 Å². The van der Waals surface area contributed by atoms with E-state index in [9.17, 15) is 4.79 Å². The molecule has 2 aromatic rings. The molecule has 1 N–H and O–H groups in total. The minimum Gasteiger partial charge on any atom is -0.493 e. The number of nitrogens with one attached hydrogen (secondary N) is 1. The summed E-state index contributed by atoms with van der Waals surface area (Å²) in [6.07, 6.45) is 1.57. The van der Waals surface area contributed by atoms with Crippen molar-refractivity contribution in [3.05, 3.63) is 47.9 Å². The molecule has 0 saturated heterocycles. The molecule has 0 spiro atoms. The number of carbonyl (C=O) groups excluding carboxylic acids is 1. The molecule has 2 rings (SSSR count). The highest BCUT2D eigenvalue weighted by atomic mass is 16.5. The van der Waals surface area contributed by atoms with E-state index in [2.05, 4.69) is 5.32 Å². The molecular weight excluding hydrogens is 258 g/mol.